The first-order valence-corrected chi connectivity index (χ1v) is 5.76. The van der Waals surface area contributed by atoms with Crippen molar-refractivity contribution in [1.29, 1.82) is 0 Å². The summed E-state index contributed by atoms with van der Waals surface area (Å²) in [6, 6.07) is 3.71. The molecule has 0 unspecified atom stereocenters. The van der Waals surface area contributed by atoms with Gasteiger partial charge in [-0.15, -0.1) is 0 Å². The van der Waals surface area contributed by atoms with Gasteiger partial charge in [0.2, 0.25) is 0 Å². The Balaban J connectivity index is 2.05. The molecule has 1 aromatic rings. The highest BCUT2D eigenvalue weighted by atomic mass is 16.3. The maximum absolute atomic E-state index is 12.1. The molecule has 88 valence electrons. The summed E-state index contributed by atoms with van der Waals surface area (Å²) in [5, 5.41) is 9.86. The fraction of sp³-hybridized carbons (Fsp3) is 0.583. The number of aryl methyl sites for hydroxylation is 1. The van der Waals surface area contributed by atoms with Crippen molar-refractivity contribution in [3.05, 3.63) is 24.0 Å². The number of aromatic nitrogens is 1. The molecule has 2 rings (SSSR count). The zero-order valence-electron chi connectivity index (χ0n) is 9.81. The van der Waals surface area contributed by atoms with Crippen molar-refractivity contribution in [1.82, 2.24) is 9.47 Å². The third kappa shape index (κ3) is 1.73. The van der Waals surface area contributed by atoms with Gasteiger partial charge in [0.15, 0.2) is 0 Å². The van der Waals surface area contributed by atoms with Crippen molar-refractivity contribution in [3.63, 3.8) is 0 Å². The van der Waals surface area contributed by atoms with Crippen molar-refractivity contribution in [2.24, 2.45) is 0 Å². The maximum Gasteiger partial charge on any atom is 0.270 e. The highest BCUT2D eigenvalue weighted by Gasteiger charge is 2.42. The summed E-state index contributed by atoms with van der Waals surface area (Å²) in [5.74, 6) is 0.0185. The van der Waals surface area contributed by atoms with Crippen LogP contribution in [0, 0.1) is 0 Å². The third-order valence-electron chi connectivity index (χ3n) is 3.31. The predicted octanol–water partition coefficient (Wildman–Crippen LogP) is 1.10. The summed E-state index contributed by atoms with van der Waals surface area (Å²) in [7, 11) is 0. The summed E-state index contributed by atoms with van der Waals surface area (Å²) in [4.78, 5) is 13.8. The van der Waals surface area contributed by atoms with Crippen LogP contribution >= 0.6 is 0 Å². The molecule has 1 aliphatic rings. The largest absolute Gasteiger partial charge is 0.386 e. The van der Waals surface area contributed by atoms with Gasteiger partial charge < -0.3 is 14.6 Å². The van der Waals surface area contributed by atoms with Gasteiger partial charge in [-0.2, -0.15) is 0 Å². The number of carbonyl (C=O) groups is 1. The van der Waals surface area contributed by atoms with Crippen molar-refractivity contribution in [3.8, 4) is 0 Å². The van der Waals surface area contributed by atoms with Crippen molar-refractivity contribution in [2.75, 3.05) is 13.1 Å². The molecule has 4 nitrogen and oxygen atoms in total. The van der Waals surface area contributed by atoms with Crippen LogP contribution in [0.2, 0.25) is 0 Å². The van der Waals surface area contributed by atoms with Crippen molar-refractivity contribution >= 4 is 5.91 Å². The molecule has 2 heterocycles. The van der Waals surface area contributed by atoms with Gasteiger partial charge >= 0.3 is 0 Å². The first kappa shape index (κ1) is 11.2. The molecule has 1 fully saturated rings. The highest BCUT2D eigenvalue weighted by molar-refractivity contribution is 5.93. The van der Waals surface area contributed by atoms with Crippen LogP contribution in [-0.4, -0.2) is 39.2 Å². The summed E-state index contributed by atoms with van der Waals surface area (Å²) in [6.07, 6.45) is 2.60. The minimum atomic E-state index is -0.653. The zero-order chi connectivity index (χ0) is 11.8. The number of likely N-dealkylation sites (tertiary alicyclic amines) is 1. The Morgan fingerprint density at radius 1 is 1.50 bits per heavy atom. The standard InChI is InChI=1S/C12H18N2O2/c1-3-12(16)8-14(9-12)11(15)10-6-5-7-13(10)4-2/h5-7,16H,3-4,8-9H2,1-2H3. The summed E-state index contributed by atoms with van der Waals surface area (Å²) in [6.45, 7) is 5.65. The number of rotatable bonds is 3. The average Bonchev–Trinajstić information content (AvgIpc) is 2.71. The number of carbonyl (C=O) groups excluding carboxylic acids is 1. The molecule has 16 heavy (non-hydrogen) atoms. The van der Waals surface area contributed by atoms with Gasteiger partial charge in [-0.05, 0) is 25.5 Å². The van der Waals surface area contributed by atoms with Crippen molar-refractivity contribution in [2.45, 2.75) is 32.4 Å². The number of amides is 1. The van der Waals surface area contributed by atoms with Crippen LogP contribution in [0.25, 0.3) is 0 Å². The van der Waals surface area contributed by atoms with Crippen LogP contribution in [0.15, 0.2) is 18.3 Å². The van der Waals surface area contributed by atoms with E-state index >= 15 is 0 Å². The first-order valence-electron chi connectivity index (χ1n) is 5.76. The predicted molar refractivity (Wildman–Crippen MR) is 61.3 cm³/mol. The number of β-amino-alcohol motifs (C(OH)–C–C–N with tert-alkyl or cyclic N) is 1. The van der Waals surface area contributed by atoms with E-state index in [1.54, 1.807) is 4.90 Å². The molecule has 0 aliphatic carbocycles. The van der Waals surface area contributed by atoms with E-state index in [4.69, 9.17) is 0 Å². The monoisotopic (exact) mass is 222 g/mol. The lowest BCUT2D eigenvalue weighted by Gasteiger charge is -2.46. The Morgan fingerprint density at radius 3 is 2.75 bits per heavy atom. The quantitative estimate of drug-likeness (QED) is 0.832. The van der Waals surface area contributed by atoms with Crippen LogP contribution in [-0.2, 0) is 6.54 Å². The maximum atomic E-state index is 12.1. The SMILES string of the molecule is CCn1cccc1C(=O)N1CC(O)(CC)C1. The number of hydrogen-bond donors (Lipinski definition) is 1. The Bertz CT molecular complexity index is 391. The van der Waals surface area contributed by atoms with Crippen LogP contribution < -0.4 is 0 Å². The number of hydrogen-bond acceptors (Lipinski definition) is 2. The molecule has 0 atom stereocenters. The topological polar surface area (TPSA) is 45.5 Å². The number of aliphatic hydroxyl groups is 1. The van der Waals surface area contributed by atoms with E-state index in [1.165, 1.54) is 0 Å². The molecule has 0 spiro atoms. The Labute approximate surface area is 95.5 Å². The molecule has 4 heteroatoms. The van der Waals surface area contributed by atoms with Gasteiger partial charge in [-0.1, -0.05) is 6.92 Å². The van der Waals surface area contributed by atoms with Crippen LogP contribution in [0.4, 0.5) is 0 Å². The molecule has 0 radical (unpaired) electrons. The molecular weight excluding hydrogens is 204 g/mol. The van der Waals surface area contributed by atoms with Crippen LogP contribution in [0.5, 0.6) is 0 Å². The second-order valence-corrected chi connectivity index (χ2v) is 4.42. The van der Waals surface area contributed by atoms with Gasteiger partial charge in [0.25, 0.3) is 5.91 Å². The summed E-state index contributed by atoms with van der Waals surface area (Å²) >= 11 is 0. The third-order valence-corrected chi connectivity index (χ3v) is 3.31. The van der Waals surface area contributed by atoms with E-state index in [9.17, 15) is 9.90 Å². The summed E-state index contributed by atoms with van der Waals surface area (Å²) < 4.78 is 1.92. The lowest BCUT2D eigenvalue weighted by molar-refractivity contribution is -0.0829. The first-order chi connectivity index (χ1) is 7.59. The molecule has 1 aromatic heterocycles. The van der Waals surface area contributed by atoms with Gasteiger partial charge in [0, 0.05) is 12.7 Å². The highest BCUT2D eigenvalue weighted by Crippen LogP contribution is 2.25. The summed E-state index contributed by atoms with van der Waals surface area (Å²) in [5.41, 5.74) is 0.0555. The molecule has 1 saturated heterocycles. The zero-order valence-corrected chi connectivity index (χ0v) is 9.81. The average molecular weight is 222 g/mol. The fourth-order valence-electron chi connectivity index (χ4n) is 2.08. The Morgan fingerprint density at radius 2 is 2.19 bits per heavy atom. The molecule has 1 aliphatic heterocycles. The van der Waals surface area contributed by atoms with Gasteiger partial charge in [0.1, 0.15) is 5.69 Å². The van der Waals surface area contributed by atoms with E-state index in [-0.39, 0.29) is 5.91 Å². The van der Waals surface area contributed by atoms with Gasteiger partial charge in [0.05, 0.1) is 18.7 Å². The van der Waals surface area contributed by atoms with Gasteiger partial charge in [-0.3, -0.25) is 4.79 Å². The lowest BCUT2D eigenvalue weighted by atomic mass is 9.91. The second kappa shape index (κ2) is 3.94. The molecule has 0 aromatic carbocycles. The molecule has 0 bridgehead atoms. The van der Waals surface area contributed by atoms with Crippen LogP contribution in [0.3, 0.4) is 0 Å². The molecule has 0 saturated carbocycles. The minimum absolute atomic E-state index is 0.0185. The fourth-order valence-corrected chi connectivity index (χ4v) is 2.08. The van der Waals surface area contributed by atoms with E-state index in [0.29, 0.717) is 25.2 Å². The molecular formula is C12H18N2O2. The molecule has 1 N–H and O–H groups in total. The number of nitrogens with zero attached hydrogens (tertiary/aromatic N) is 2. The van der Waals surface area contributed by atoms with E-state index in [1.807, 2.05) is 36.7 Å². The molecule has 1 amide bonds. The Hall–Kier alpha value is -1.29. The van der Waals surface area contributed by atoms with Crippen LogP contribution in [0.1, 0.15) is 30.8 Å². The normalized spacial score (nSPS) is 18.3. The minimum Gasteiger partial charge on any atom is -0.386 e. The second-order valence-electron chi connectivity index (χ2n) is 4.42. The van der Waals surface area contributed by atoms with E-state index in [0.717, 1.165) is 6.54 Å². The van der Waals surface area contributed by atoms with Crippen molar-refractivity contribution < 1.29 is 9.90 Å². The van der Waals surface area contributed by atoms with Gasteiger partial charge in [-0.25, -0.2) is 0 Å². The Kier molecular flexibility index (Phi) is 2.76. The van der Waals surface area contributed by atoms with E-state index in [2.05, 4.69) is 0 Å². The smallest absolute Gasteiger partial charge is 0.270 e. The lowest BCUT2D eigenvalue weighted by Crippen LogP contribution is -2.63. The van der Waals surface area contributed by atoms with E-state index < -0.39 is 5.60 Å².